The van der Waals surface area contributed by atoms with Crippen LogP contribution in [0, 0.1) is 17.5 Å². The Morgan fingerprint density at radius 1 is 1.17 bits per heavy atom. The Bertz CT molecular complexity index is 1610. The van der Waals surface area contributed by atoms with Gasteiger partial charge in [-0.25, -0.2) is 27.3 Å². The van der Waals surface area contributed by atoms with Crippen LogP contribution in [-0.4, -0.2) is 33.5 Å². The zero-order chi connectivity index (χ0) is 26.1. The molecule has 0 aliphatic carbocycles. The highest BCUT2D eigenvalue weighted by Gasteiger charge is 2.22. The van der Waals surface area contributed by atoms with Crippen molar-refractivity contribution in [3.05, 3.63) is 78.4 Å². The molecule has 2 aromatic heterocycles. The molecule has 0 aliphatic heterocycles. The van der Waals surface area contributed by atoms with E-state index in [1.165, 1.54) is 30.3 Å². The second-order valence-electron chi connectivity index (χ2n) is 7.24. The van der Waals surface area contributed by atoms with Crippen molar-refractivity contribution in [3.63, 3.8) is 0 Å². The van der Waals surface area contributed by atoms with E-state index in [1.807, 2.05) is 0 Å². The van der Waals surface area contributed by atoms with E-state index >= 15 is 4.39 Å². The van der Waals surface area contributed by atoms with Crippen molar-refractivity contribution < 1.29 is 32.5 Å². The summed E-state index contributed by atoms with van der Waals surface area (Å²) in [4.78, 5) is 39.7. The first-order valence-electron chi connectivity index (χ1n) is 10.3. The summed E-state index contributed by atoms with van der Waals surface area (Å²) in [7, 11) is 1.27. The summed E-state index contributed by atoms with van der Waals surface area (Å²) in [5.74, 6) is -4.12. The number of hydrogen-bond donors (Lipinski definition) is 2. The summed E-state index contributed by atoms with van der Waals surface area (Å²) in [6, 6.07) is 4.24. The van der Waals surface area contributed by atoms with Crippen LogP contribution in [0.4, 0.5) is 13.2 Å². The molecule has 0 saturated carbocycles. The molecule has 0 amide bonds. The lowest BCUT2D eigenvalue weighted by molar-refractivity contribution is 0.0704. The molecule has 188 valence electrons. The van der Waals surface area contributed by atoms with Crippen LogP contribution in [0.15, 0.2) is 44.1 Å². The summed E-state index contributed by atoms with van der Waals surface area (Å²) >= 11 is 1.92. The topological polar surface area (TPSA) is 111 Å². The van der Waals surface area contributed by atoms with Crippen LogP contribution in [0.2, 0.25) is 0 Å². The van der Waals surface area contributed by atoms with Gasteiger partial charge in [0, 0.05) is 11.4 Å². The van der Waals surface area contributed by atoms with Crippen molar-refractivity contribution in [2.75, 3.05) is 12.9 Å². The van der Waals surface area contributed by atoms with Gasteiger partial charge in [-0.3, -0.25) is 4.79 Å². The van der Waals surface area contributed by atoms with Gasteiger partial charge >= 0.3 is 11.7 Å². The van der Waals surface area contributed by atoms with Gasteiger partial charge in [-0.15, -0.1) is 23.1 Å². The number of carbonyl (C=O) groups is 1. The Labute approximate surface area is 208 Å². The molecule has 13 heteroatoms. The smallest absolute Gasteiger partial charge is 0.346 e. The second-order valence-corrected chi connectivity index (χ2v) is 9.43. The number of aromatic carboxylic acids is 1. The number of aromatic nitrogens is 2. The van der Waals surface area contributed by atoms with Crippen molar-refractivity contribution in [3.8, 4) is 17.2 Å². The number of fused-ring (bicyclic) bond motifs is 1. The van der Waals surface area contributed by atoms with E-state index in [0.717, 1.165) is 29.5 Å². The number of halogens is 3. The number of nitrogens with one attached hydrogen (secondary N) is 1. The van der Waals surface area contributed by atoms with Gasteiger partial charge < -0.3 is 19.6 Å². The number of hydrogen-bond acceptors (Lipinski definition) is 7. The number of nitrogens with zero attached hydrogens (tertiary/aromatic N) is 1. The molecule has 8 nitrogen and oxygen atoms in total. The SMILES string of the molecule is CCSc1cc(F)c(-n2c(=O)[nH]c3csc(C(=O)O)c3c2=O)cc1OCc1c(OC)ccc(F)c1F. The maximum Gasteiger partial charge on any atom is 0.346 e. The standard InChI is InChI=1S/C23H17F3N2O6S2/c1-3-35-17-6-12(25)14(7-16(17)34-8-10-15(33-2)5-4-11(24)19(10)26)28-21(29)18-13(27-23(28)32)9-36-20(18)22(30)31/h4-7,9H,3,8H2,1-2H3,(H,27,32)(H,30,31). The minimum absolute atomic E-state index is 0.00682. The quantitative estimate of drug-likeness (QED) is 0.317. The first-order chi connectivity index (χ1) is 17.2. The van der Waals surface area contributed by atoms with Gasteiger partial charge in [-0.2, -0.15) is 0 Å². The first kappa shape index (κ1) is 25.4. The third kappa shape index (κ3) is 4.46. The number of ether oxygens (including phenoxy) is 2. The zero-order valence-corrected chi connectivity index (χ0v) is 20.3. The van der Waals surface area contributed by atoms with Crippen molar-refractivity contribution in [2.24, 2.45) is 0 Å². The fourth-order valence-corrected chi connectivity index (χ4v) is 5.13. The summed E-state index contributed by atoms with van der Waals surface area (Å²) < 4.78 is 54.6. The third-order valence-electron chi connectivity index (χ3n) is 5.15. The molecule has 0 unspecified atom stereocenters. The maximum absolute atomic E-state index is 15.2. The number of methoxy groups -OCH3 is 1. The van der Waals surface area contributed by atoms with Gasteiger partial charge in [0.25, 0.3) is 5.56 Å². The highest BCUT2D eigenvalue weighted by molar-refractivity contribution is 7.99. The summed E-state index contributed by atoms with van der Waals surface area (Å²) in [5, 5.41) is 10.4. The van der Waals surface area contributed by atoms with Crippen LogP contribution in [0.5, 0.6) is 11.5 Å². The number of thiophene rings is 1. The monoisotopic (exact) mass is 538 g/mol. The molecule has 0 aliphatic rings. The van der Waals surface area contributed by atoms with Crippen LogP contribution in [0.25, 0.3) is 16.6 Å². The largest absolute Gasteiger partial charge is 0.496 e. The highest BCUT2D eigenvalue weighted by Crippen LogP contribution is 2.35. The van der Waals surface area contributed by atoms with E-state index < -0.39 is 47.0 Å². The normalized spacial score (nSPS) is 11.1. The summed E-state index contributed by atoms with van der Waals surface area (Å²) in [6.45, 7) is 1.29. The lowest BCUT2D eigenvalue weighted by Gasteiger charge is -2.16. The lowest BCUT2D eigenvalue weighted by atomic mass is 10.2. The molecule has 0 fully saturated rings. The number of H-pyrrole nitrogens is 1. The number of thioether (sulfide) groups is 1. The molecule has 0 atom stereocenters. The van der Waals surface area contributed by atoms with Gasteiger partial charge in [-0.1, -0.05) is 6.92 Å². The van der Waals surface area contributed by atoms with Crippen LogP contribution >= 0.6 is 23.1 Å². The molecule has 4 rings (SSSR count). The molecule has 2 N–H and O–H groups in total. The van der Waals surface area contributed by atoms with Gasteiger partial charge in [0.2, 0.25) is 0 Å². The van der Waals surface area contributed by atoms with Crippen LogP contribution < -0.4 is 20.7 Å². The predicted octanol–water partition coefficient (Wildman–Crippen LogP) is 4.56. The first-order valence-corrected chi connectivity index (χ1v) is 12.1. The van der Waals surface area contributed by atoms with Gasteiger partial charge in [0.1, 0.15) is 28.8 Å². The van der Waals surface area contributed by atoms with Crippen molar-refractivity contribution in [2.45, 2.75) is 18.4 Å². The Morgan fingerprint density at radius 2 is 1.92 bits per heavy atom. The summed E-state index contributed by atoms with van der Waals surface area (Å²) in [5.41, 5.74) is -2.76. The van der Waals surface area contributed by atoms with E-state index in [-0.39, 0.29) is 37.7 Å². The molecule has 2 heterocycles. The maximum atomic E-state index is 15.2. The minimum atomic E-state index is -1.38. The number of rotatable bonds is 8. The number of carboxylic acid groups (broad SMARTS) is 1. The number of aromatic amines is 1. The fourth-order valence-electron chi connectivity index (χ4n) is 3.54. The fraction of sp³-hybridized carbons (Fsp3) is 0.174. The molecule has 0 spiro atoms. The molecule has 0 saturated heterocycles. The van der Waals surface area contributed by atoms with Gasteiger partial charge in [0.15, 0.2) is 11.6 Å². The molecular weight excluding hydrogens is 521 g/mol. The Morgan fingerprint density at radius 3 is 2.58 bits per heavy atom. The van der Waals surface area contributed by atoms with Crippen LogP contribution in [0.1, 0.15) is 22.2 Å². The highest BCUT2D eigenvalue weighted by atomic mass is 32.2. The number of carboxylic acids is 1. The molecule has 0 bridgehead atoms. The predicted molar refractivity (Wildman–Crippen MR) is 129 cm³/mol. The molecule has 36 heavy (non-hydrogen) atoms. The zero-order valence-electron chi connectivity index (χ0n) is 18.7. The Hall–Kier alpha value is -3.71. The minimum Gasteiger partial charge on any atom is -0.496 e. The van der Waals surface area contributed by atoms with Gasteiger partial charge in [-0.05, 0) is 24.0 Å². The average Bonchev–Trinajstić information content (AvgIpc) is 3.26. The Balaban J connectivity index is 1.87. The van der Waals surface area contributed by atoms with E-state index in [9.17, 15) is 28.3 Å². The van der Waals surface area contributed by atoms with E-state index in [2.05, 4.69) is 4.98 Å². The van der Waals surface area contributed by atoms with Crippen molar-refractivity contribution in [1.29, 1.82) is 0 Å². The van der Waals surface area contributed by atoms with Crippen LogP contribution in [0.3, 0.4) is 0 Å². The van der Waals surface area contributed by atoms with E-state index in [4.69, 9.17) is 9.47 Å². The van der Waals surface area contributed by atoms with Gasteiger partial charge in [0.05, 0.1) is 34.2 Å². The van der Waals surface area contributed by atoms with E-state index in [1.54, 1.807) is 6.92 Å². The lowest BCUT2D eigenvalue weighted by Crippen LogP contribution is -2.34. The molecule has 4 aromatic rings. The van der Waals surface area contributed by atoms with Crippen molar-refractivity contribution in [1.82, 2.24) is 9.55 Å². The van der Waals surface area contributed by atoms with E-state index in [0.29, 0.717) is 10.3 Å². The van der Waals surface area contributed by atoms with Crippen molar-refractivity contribution >= 4 is 40.0 Å². The third-order valence-corrected chi connectivity index (χ3v) is 7.03. The average molecular weight is 539 g/mol. The van der Waals surface area contributed by atoms with Crippen LogP contribution in [-0.2, 0) is 6.61 Å². The molecular formula is C23H17F3N2O6S2. The molecule has 2 aromatic carbocycles. The second kappa shape index (κ2) is 10.1. The summed E-state index contributed by atoms with van der Waals surface area (Å²) in [6.07, 6.45) is 0. The number of benzene rings is 2. The molecule has 0 radical (unpaired) electrons. The Kier molecular flexibility index (Phi) is 7.13.